The molecular formula is C18HB11O2. The molecule has 0 saturated heterocycles. The van der Waals surface area contributed by atoms with E-state index in [1.807, 2.05) is 0 Å². The van der Waals surface area contributed by atoms with Crippen LogP contribution in [-0.4, -0.2) is 85.2 Å². The Labute approximate surface area is 194 Å². The molecule has 0 aliphatic carbocycles. The maximum Gasteiger partial charge on any atom is 0.258 e. The lowest BCUT2D eigenvalue weighted by Crippen LogP contribution is -2.72. The van der Waals surface area contributed by atoms with E-state index in [4.69, 9.17) is 87.9 Å². The zero-order chi connectivity index (χ0) is 22.5. The Kier molecular flexibility index (Phi) is 4.53. The zero-order valence-electron chi connectivity index (χ0n) is 16.2. The van der Waals surface area contributed by atoms with Gasteiger partial charge < -0.3 is 9.47 Å². The van der Waals surface area contributed by atoms with Crippen LogP contribution in [0, 0.1) is 0 Å². The molecule has 0 saturated carbocycles. The topological polar surface area (TPSA) is 18.5 Å². The summed E-state index contributed by atoms with van der Waals surface area (Å²) < 4.78 is 12.1. The molecule has 0 amide bonds. The van der Waals surface area contributed by atoms with Crippen molar-refractivity contribution in [1.29, 1.82) is 0 Å². The highest BCUT2D eigenvalue weighted by atomic mass is 16.5. The summed E-state index contributed by atoms with van der Waals surface area (Å²) in [6.07, 6.45) is 0. The first-order valence-electron chi connectivity index (χ1n) is 9.15. The minimum atomic E-state index is -0.684. The monoisotopic (exact) mass is 370 g/mol. The van der Waals surface area contributed by atoms with Crippen molar-refractivity contribution in [3.8, 4) is 23.0 Å². The minimum Gasteiger partial charge on any atom is -0.460 e. The number of fused-ring (bicyclic) bond motifs is 4. The summed E-state index contributed by atoms with van der Waals surface area (Å²) in [5.41, 5.74) is 2.74. The highest BCUT2D eigenvalue weighted by Crippen LogP contribution is 2.29. The molecule has 2 nitrogen and oxygen atoms in total. The fourth-order valence-corrected chi connectivity index (χ4v) is 4.24. The summed E-state index contributed by atoms with van der Waals surface area (Å²) in [7, 11) is 61.9. The van der Waals surface area contributed by atoms with Gasteiger partial charge in [0.15, 0.2) is 0 Å². The van der Waals surface area contributed by atoms with Gasteiger partial charge in [0.1, 0.15) is 101 Å². The van der Waals surface area contributed by atoms with Crippen molar-refractivity contribution in [3.05, 3.63) is 6.07 Å². The highest BCUT2D eigenvalue weighted by Gasteiger charge is 2.43. The Hall–Kier alpha value is -2.03. The molecule has 2 heterocycles. The quantitative estimate of drug-likeness (QED) is 0.253. The van der Waals surface area contributed by atoms with Crippen LogP contribution in [0.4, 0.5) is 0 Å². The molecule has 2 aliphatic rings. The van der Waals surface area contributed by atoms with Crippen molar-refractivity contribution in [2.45, 2.75) is 0 Å². The van der Waals surface area contributed by atoms with Crippen LogP contribution >= 0.6 is 0 Å². The first-order valence-corrected chi connectivity index (χ1v) is 9.15. The Balaban J connectivity index is 2.00. The normalized spacial score (nSPS) is 13.0. The van der Waals surface area contributed by atoms with E-state index in [1.165, 1.54) is 0 Å². The van der Waals surface area contributed by atoms with E-state index in [0.29, 0.717) is 22.1 Å². The average Bonchev–Trinajstić information content (AvgIpc) is 2.75. The summed E-state index contributed by atoms with van der Waals surface area (Å²) in [5, 5.41) is 0. The van der Waals surface area contributed by atoms with E-state index >= 15 is 0 Å². The smallest absolute Gasteiger partial charge is 0.258 e. The maximum atomic E-state index is 6.39. The summed E-state index contributed by atoms with van der Waals surface area (Å²) in [5.74, 6) is 0.986. The van der Waals surface area contributed by atoms with E-state index in [9.17, 15) is 0 Å². The first-order chi connectivity index (χ1) is 14.6. The molecule has 118 valence electrons. The second-order valence-corrected chi connectivity index (χ2v) is 7.55. The number of hydrogen-bond acceptors (Lipinski definition) is 2. The van der Waals surface area contributed by atoms with Gasteiger partial charge in [0.2, 0.25) is 0 Å². The number of rotatable bonds is 0. The van der Waals surface area contributed by atoms with Gasteiger partial charge in [-0.2, -0.15) is 0 Å². The second-order valence-electron chi connectivity index (χ2n) is 7.55. The molecule has 0 unspecified atom stereocenters. The van der Waals surface area contributed by atoms with Gasteiger partial charge in [0, 0.05) is 5.46 Å². The van der Waals surface area contributed by atoms with Crippen molar-refractivity contribution in [2.75, 3.05) is 0 Å². The van der Waals surface area contributed by atoms with Crippen LogP contribution in [0.25, 0.3) is 0 Å². The predicted octanol–water partition coefficient (Wildman–Crippen LogP) is -9.65. The molecule has 3 aromatic rings. The van der Waals surface area contributed by atoms with Gasteiger partial charge >= 0.3 is 0 Å². The van der Waals surface area contributed by atoms with Crippen LogP contribution in [0.3, 0.4) is 0 Å². The van der Waals surface area contributed by atoms with E-state index < -0.39 is 6.71 Å². The van der Waals surface area contributed by atoms with Crippen LogP contribution < -0.4 is 80.5 Å². The Bertz CT molecular complexity index is 1330. The molecule has 0 bridgehead atoms. The van der Waals surface area contributed by atoms with Crippen molar-refractivity contribution in [3.63, 3.8) is 0 Å². The number of benzene rings is 3. The maximum absolute atomic E-state index is 6.39. The van der Waals surface area contributed by atoms with Crippen LogP contribution in [0.5, 0.6) is 23.0 Å². The molecule has 31 heavy (non-hydrogen) atoms. The molecule has 0 atom stereocenters. The lowest BCUT2D eigenvalue weighted by atomic mass is 9.30. The van der Waals surface area contributed by atoms with Crippen molar-refractivity contribution in [2.24, 2.45) is 0 Å². The Morgan fingerprint density at radius 2 is 0.871 bits per heavy atom. The van der Waals surface area contributed by atoms with Crippen molar-refractivity contribution >= 4 is 156 Å². The Morgan fingerprint density at radius 3 is 1.39 bits per heavy atom. The lowest BCUT2D eigenvalue weighted by Gasteiger charge is -2.39. The van der Waals surface area contributed by atoms with Gasteiger partial charge in [-0.05, 0) is 17.0 Å². The third-order valence-corrected chi connectivity index (χ3v) is 5.93. The van der Waals surface area contributed by atoms with Gasteiger partial charge in [0.05, 0.1) is 0 Å². The standard InChI is InChI=1S/C18HB11O2/c19-2-1-3-13-16(4(2)20)31-18-12(28)8(24)6(22)10(26)15(18)29(13)14-9(25)5(21)7(23)11(27)17(14)30-3/h1H. The van der Waals surface area contributed by atoms with Crippen molar-refractivity contribution in [1.82, 2.24) is 0 Å². The second kappa shape index (κ2) is 6.74. The molecule has 0 fully saturated rings. The number of ether oxygens (including phenoxy) is 2. The summed E-state index contributed by atoms with van der Waals surface area (Å²) in [6.45, 7) is -0.684. The molecule has 13 heteroatoms. The molecule has 3 aromatic carbocycles. The van der Waals surface area contributed by atoms with Crippen LogP contribution in [0.15, 0.2) is 6.07 Å². The third-order valence-electron chi connectivity index (χ3n) is 5.93. The predicted molar refractivity (Wildman–Crippen MR) is 138 cm³/mol. The summed E-state index contributed by atoms with van der Waals surface area (Å²) >= 11 is 0. The van der Waals surface area contributed by atoms with Crippen LogP contribution in [0.1, 0.15) is 0 Å². The van der Waals surface area contributed by atoms with E-state index in [2.05, 4.69) is 0 Å². The molecule has 0 aromatic heterocycles. The van der Waals surface area contributed by atoms with E-state index in [0.717, 1.165) is 0 Å². The van der Waals surface area contributed by atoms with Gasteiger partial charge in [-0.25, -0.2) is 0 Å². The SMILES string of the molecule is [B]c1cc2c3c(c1[B])Oc1c([B])c([B])c([B])c([B])c1B3c1c([B])c([B])c([B])c([B])c1O2. The van der Waals surface area contributed by atoms with Gasteiger partial charge in [-0.3, -0.25) is 0 Å². The van der Waals surface area contributed by atoms with Crippen molar-refractivity contribution < 1.29 is 9.47 Å². The fraction of sp³-hybridized carbons (Fsp3) is 0. The molecule has 2 aliphatic heterocycles. The van der Waals surface area contributed by atoms with Gasteiger partial charge in [-0.1, -0.05) is 21.9 Å². The lowest BCUT2D eigenvalue weighted by molar-refractivity contribution is 0.472. The molecule has 0 N–H and O–H groups in total. The molecular weight excluding hydrogens is 367 g/mol. The fourth-order valence-electron chi connectivity index (χ4n) is 4.24. The largest absolute Gasteiger partial charge is 0.460 e. The van der Waals surface area contributed by atoms with E-state index in [-0.39, 0.29) is 71.9 Å². The Morgan fingerprint density at radius 1 is 0.452 bits per heavy atom. The van der Waals surface area contributed by atoms with Crippen LogP contribution in [-0.2, 0) is 0 Å². The third kappa shape index (κ3) is 2.55. The summed E-state index contributed by atoms with van der Waals surface area (Å²) in [6, 6.07) is 1.56. The summed E-state index contributed by atoms with van der Waals surface area (Å²) in [4.78, 5) is 0. The van der Waals surface area contributed by atoms with Crippen LogP contribution in [0.2, 0.25) is 0 Å². The zero-order valence-corrected chi connectivity index (χ0v) is 16.2. The van der Waals surface area contributed by atoms with Gasteiger partial charge in [-0.15, -0.1) is 32.8 Å². The van der Waals surface area contributed by atoms with Gasteiger partial charge in [0.25, 0.3) is 6.71 Å². The molecule has 5 rings (SSSR count). The highest BCUT2D eigenvalue weighted by molar-refractivity contribution is 7.03. The molecule has 20 radical (unpaired) electrons. The minimum absolute atomic E-state index is 0.0824. The average molecular weight is 368 g/mol. The first kappa shape index (κ1) is 20.9. The molecule has 0 spiro atoms. The van der Waals surface area contributed by atoms with E-state index in [1.54, 1.807) is 6.07 Å². The number of hydrogen-bond donors (Lipinski definition) is 0.